The van der Waals surface area contributed by atoms with Gasteiger partial charge < -0.3 is 5.11 Å². The van der Waals surface area contributed by atoms with Crippen molar-refractivity contribution in [3.63, 3.8) is 0 Å². The Morgan fingerprint density at radius 1 is 1.14 bits per heavy atom. The number of phenolic OH excluding ortho intramolecular Hbond substituents is 1. The van der Waals surface area contributed by atoms with Crippen LogP contribution in [0.2, 0.25) is 0 Å². The molecule has 0 unspecified atom stereocenters. The first-order chi connectivity index (χ1) is 10.8. The van der Waals surface area contributed by atoms with E-state index in [1.165, 1.54) is 70.0 Å². The number of aromatic hydroxyl groups is 1. The van der Waals surface area contributed by atoms with Crippen molar-refractivity contribution in [3.8, 4) is 5.75 Å². The molecule has 1 heterocycles. The van der Waals surface area contributed by atoms with E-state index in [0.717, 1.165) is 17.9 Å². The van der Waals surface area contributed by atoms with Crippen molar-refractivity contribution in [2.24, 2.45) is 11.8 Å². The molecular weight excluding hydrogens is 270 g/mol. The van der Waals surface area contributed by atoms with Gasteiger partial charge in [0.25, 0.3) is 0 Å². The highest BCUT2D eigenvalue weighted by Crippen LogP contribution is 2.56. The van der Waals surface area contributed by atoms with Crippen LogP contribution in [0.4, 0.5) is 0 Å². The van der Waals surface area contributed by atoms with Crippen LogP contribution in [0, 0.1) is 11.8 Å². The topological polar surface area (TPSA) is 23.5 Å². The zero-order valence-corrected chi connectivity index (χ0v) is 13.4. The summed E-state index contributed by atoms with van der Waals surface area (Å²) in [5.74, 6) is 2.31. The van der Waals surface area contributed by atoms with Crippen molar-refractivity contribution in [2.75, 3.05) is 13.1 Å². The summed E-state index contributed by atoms with van der Waals surface area (Å²) < 4.78 is 0. The third kappa shape index (κ3) is 1.89. The molecular formula is C20H27NO. The van der Waals surface area contributed by atoms with Crippen LogP contribution >= 0.6 is 0 Å². The van der Waals surface area contributed by atoms with Gasteiger partial charge in [-0.15, -0.1) is 0 Å². The largest absolute Gasteiger partial charge is 0.508 e. The summed E-state index contributed by atoms with van der Waals surface area (Å²) in [5, 5.41) is 9.95. The summed E-state index contributed by atoms with van der Waals surface area (Å²) >= 11 is 0. The van der Waals surface area contributed by atoms with Gasteiger partial charge in [0.15, 0.2) is 0 Å². The summed E-state index contributed by atoms with van der Waals surface area (Å²) in [6.45, 7) is 2.64. The highest BCUT2D eigenvalue weighted by Gasteiger charge is 2.54. The van der Waals surface area contributed by atoms with E-state index < -0.39 is 0 Å². The number of likely N-dealkylation sites (tertiary alicyclic amines) is 1. The number of rotatable bonds is 2. The predicted molar refractivity (Wildman–Crippen MR) is 88.1 cm³/mol. The molecule has 2 nitrogen and oxygen atoms in total. The lowest BCUT2D eigenvalue weighted by Crippen LogP contribution is -2.61. The highest BCUT2D eigenvalue weighted by atomic mass is 16.3. The van der Waals surface area contributed by atoms with Crippen molar-refractivity contribution in [3.05, 3.63) is 29.3 Å². The molecule has 0 spiro atoms. The number of phenols is 1. The number of benzene rings is 1. The third-order valence-corrected chi connectivity index (χ3v) is 7.12. The van der Waals surface area contributed by atoms with Gasteiger partial charge in [0.2, 0.25) is 0 Å². The van der Waals surface area contributed by atoms with Gasteiger partial charge in [0, 0.05) is 18.0 Å². The summed E-state index contributed by atoms with van der Waals surface area (Å²) in [7, 11) is 0. The van der Waals surface area contributed by atoms with Crippen molar-refractivity contribution in [1.82, 2.24) is 4.90 Å². The van der Waals surface area contributed by atoms with Crippen LogP contribution in [0.15, 0.2) is 18.2 Å². The van der Waals surface area contributed by atoms with Crippen molar-refractivity contribution < 1.29 is 5.11 Å². The van der Waals surface area contributed by atoms with Crippen LogP contribution in [0.1, 0.15) is 56.1 Å². The summed E-state index contributed by atoms with van der Waals surface area (Å²) in [6.07, 6.45) is 11.0. The third-order valence-electron chi connectivity index (χ3n) is 7.12. The Bertz CT molecular complexity index is 593. The maximum atomic E-state index is 9.95. The van der Waals surface area contributed by atoms with Crippen LogP contribution in [0.3, 0.4) is 0 Å². The molecule has 118 valence electrons. The van der Waals surface area contributed by atoms with Gasteiger partial charge in [-0.3, -0.25) is 4.90 Å². The molecule has 2 bridgehead atoms. The number of hydrogen-bond acceptors (Lipinski definition) is 2. The van der Waals surface area contributed by atoms with E-state index in [-0.39, 0.29) is 0 Å². The molecule has 1 aromatic carbocycles. The standard InChI is InChI=1S/C20H27NO/c22-16-6-7-17-15(11-16)12-19-18-3-1-2-8-20(17,18)9-10-21(19)13-14-4-5-14/h6-7,11,14,18-19,22H,1-5,8-10,12-13H2/t18-,19+,20-/m0/s1. The molecule has 22 heavy (non-hydrogen) atoms. The van der Waals surface area contributed by atoms with Crippen LogP contribution in [-0.2, 0) is 11.8 Å². The molecule has 0 aromatic heterocycles. The zero-order valence-electron chi connectivity index (χ0n) is 13.4. The molecule has 2 heteroatoms. The normalized spacial score (nSPS) is 37.5. The number of fused-ring (bicyclic) bond motifs is 1. The van der Waals surface area contributed by atoms with Crippen molar-refractivity contribution in [1.29, 1.82) is 0 Å². The lowest BCUT2D eigenvalue weighted by Gasteiger charge is -2.59. The molecule has 0 radical (unpaired) electrons. The maximum Gasteiger partial charge on any atom is 0.115 e. The van der Waals surface area contributed by atoms with E-state index in [0.29, 0.717) is 11.2 Å². The fourth-order valence-electron chi connectivity index (χ4n) is 5.96. The minimum atomic E-state index is 0.435. The highest BCUT2D eigenvalue weighted by molar-refractivity contribution is 5.44. The quantitative estimate of drug-likeness (QED) is 0.896. The van der Waals surface area contributed by atoms with Crippen LogP contribution in [0.25, 0.3) is 0 Å². The average Bonchev–Trinajstić information content (AvgIpc) is 3.33. The molecule has 2 saturated carbocycles. The monoisotopic (exact) mass is 297 g/mol. The second-order valence-electron chi connectivity index (χ2n) is 8.31. The molecule has 5 rings (SSSR count). The molecule has 3 aliphatic carbocycles. The average molecular weight is 297 g/mol. The van der Waals surface area contributed by atoms with E-state index in [2.05, 4.69) is 17.0 Å². The number of hydrogen-bond donors (Lipinski definition) is 1. The number of piperidine rings is 1. The second-order valence-corrected chi connectivity index (χ2v) is 8.31. The smallest absolute Gasteiger partial charge is 0.115 e. The first kappa shape index (κ1) is 13.4. The SMILES string of the molecule is Oc1ccc2c(c1)C[C@@H]1[C@@H]3CCCC[C@]23CCN1CC1CC1. The Labute approximate surface area is 133 Å². The number of nitrogens with zero attached hydrogens (tertiary/aromatic N) is 1. The minimum Gasteiger partial charge on any atom is -0.508 e. The van der Waals surface area contributed by atoms with Crippen molar-refractivity contribution in [2.45, 2.75) is 62.8 Å². The molecule has 1 aliphatic heterocycles. The Balaban J connectivity index is 1.58. The van der Waals surface area contributed by atoms with E-state index in [1.807, 2.05) is 6.07 Å². The van der Waals surface area contributed by atoms with Gasteiger partial charge in [-0.25, -0.2) is 0 Å². The van der Waals surface area contributed by atoms with E-state index in [9.17, 15) is 5.11 Å². The Morgan fingerprint density at radius 2 is 2.05 bits per heavy atom. The minimum absolute atomic E-state index is 0.435. The van der Waals surface area contributed by atoms with Gasteiger partial charge in [-0.1, -0.05) is 18.9 Å². The molecule has 3 fully saturated rings. The summed E-state index contributed by atoms with van der Waals surface area (Å²) in [6, 6.07) is 6.99. The van der Waals surface area contributed by atoms with Gasteiger partial charge >= 0.3 is 0 Å². The predicted octanol–water partition coefficient (Wildman–Crippen LogP) is 3.86. The zero-order chi connectivity index (χ0) is 14.7. The Kier molecular flexibility index (Phi) is 2.89. The Morgan fingerprint density at radius 3 is 2.91 bits per heavy atom. The van der Waals surface area contributed by atoms with Gasteiger partial charge in [0.05, 0.1) is 0 Å². The molecule has 1 N–H and O–H groups in total. The molecule has 0 amide bonds. The lowest BCUT2D eigenvalue weighted by molar-refractivity contribution is -0.0134. The Hall–Kier alpha value is -1.02. The van der Waals surface area contributed by atoms with E-state index >= 15 is 0 Å². The summed E-state index contributed by atoms with van der Waals surface area (Å²) in [4.78, 5) is 2.83. The lowest BCUT2D eigenvalue weighted by atomic mass is 9.52. The van der Waals surface area contributed by atoms with Crippen LogP contribution in [-0.4, -0.2) is 29.1 Å². The van der Waals surface area contributed by atoms with E-state index in [4.69, 9.17) is 0 Å². The van der Waals surface area contributed by atoms with Crippen molar-refractivity contribution >= 4 is 0 Å². The van der Waals surface area contributed by atoms with Crippen LogP contribution in [0.5, 0.6) is 5.75 Å². The first-order valence-corrected chi connectivity index (χ1v) is 9.33. The molecule has 1 aromatic rings. The fourth-order valence-corrected chi connectivity index (χ4v) is 5.96. The first-order valence-electron chi connectivity index (χ1n) is 9.33. The molecule has 3 atom stereocenters. The second kappa shape index (κ2) is 4.74. The van der Waals surface area contributed by atoms with E-state index in [1.54, 1.807) is 5.56 Å². The van der Waals surface area contributed by atoms with Gasteiger partial charge in [0.1, 0.15) is 5.75 Å². The van der Waals surface area contributed by atoms with Gasteiger partial charge in [-0.2, -0.15) is 0 Å². The van der Waals surface area contributed by atoms with Gasteiger partial charge in [-0.05, 0) is 80.2 Å². The molecule has 4 aliphatic rings. The fraction of sp³-hybridized carbons (Fsp3) is 0.700. The maximum absolute atomic E-state index is 9.95. The molecule has 1 saturated heterocycles. The summed E-state index contributed by atoms with van der Waals surface area (Å²) in [5.41, 5.74) is 3.48. The van der Waals surface area contributed by atoms with Crippen LogP contribution < -0.4 is 0 Å².